The van der Waals surface area contributed by atoms with Crippen molar-refractivity contribution in [3.05, 3.63) is 34.9 Å². The number of nitrogens with zero attached hydrogens (tertiary/aromatic N) is 1. The molecule has 0 aromatic heterocycles. The molecule has 0 spiro atoms. The smallest absolute Gasteiger partial charge is 0.316 e. The Hall–Kier alpha value is -1.39. The molecule has 4 nitrogen and oxygen atoms in total. The van der Waals surface area contributed by atoms with E-state index in [1.807, 2.05) is 45.0 Å². The van der Waals surface area contributed by atoms with Crippen molar-refractivity contribution in [3.63, 3.8) is 0 Å². The molecular weight excluding hydrogens is 242 g/mol. The average molecular weight is 263 g/mol. The molecule has 19 heavy (non-hydrogen) atoms. The van der Waals surface area contributed by atoms with Gasteiger partial charge in [0, 0.05) is 0 Å². The Kier molecular flexibility index (Phi) is 3.65. The molecule has 0 aliphatic carbocycles. The van der Waals surface area contributed by atoms with Crippen molar-refractivity contribution in [3.8, 4) is 0 Å². The van der Waals surface area contributed by atoms with Crippen LogP contribution in [0.25, 0.3) is 0 Å². The first-order valence-electron chi connectivity index (χ1n) is 6.43. The van der Waals surface area contributed by atoms with E-state index in [1.54, 1.807) is 0 Å². The van der Waals surface area contributed by atoms with Crippen LogP contribution in [0.2, 0.25) is 0 Å². The Labute approximate surface area is 114 Å². The Bertz CT molecular complexity index is 492. The topological polar surface area (TPSA) is 49.8 Å². The van der Waals surface area contributed by atoms with Gasteiger partial charge >= 0.3 is 5.97 Å². The summed E-state index contributed by atoms with van der Waals surface area (Å²) in [4.78, 5) is 13.7. The van der Waals surface area contributed by atoms with E-state index in [0.717, 1.165) is 11.1 Å². The van der Waals surface area contributed by atoms with Gasteiger partial charge in [0.05, 0.1) is 19.3 Å². The van der Waals surface area contributed by atoms with Gasteiger partial charge in [-0.3, -0.25) is 4.79 Å². The molecule has 1 N–H and O–H groups in total. The van der Waals surface area contributed by atoms with Crippen LogP contribution in [0.5, 0.6) is 0 Å². The molecule has 1 aliphatic rings. The number of aliphatic carboxylic acids is 1. The first kappa shape index (κ1) is 14.0. The zero-order chi connectivity index (χ0) is 14.2. The molecule has 1 unspecified atom stereocenters. The van der Waals surface area contributed by atoms with Gasteiger partial charge in [-0.05, 0) is 39.1 Å². The lowest BCUT2D eigenvalue weighted by molar-refractivity contribution is -0.193. The third-order valence-corrected chi connectivity index (χ3v) is 3.90. The van der Waals surface area contributed by atoms with E-state index >= 15 is 0 Å². The lowest BCUT2D eigenvalue weighted by atomic mass is 9.73. The summed E-state index contributed by atoms with van der Waals surface area (Å²) in [5.41, 5.74) is 2.56. The van der Waals surface area contributed by atoms with Gasteiger partial charge in [-0.2, -0.15) is 0 Å². The maximum absolute atomic E-state index is 11.7. The Morgan fingerprint density at radius 1 is 1.37 bits per heavy atom. The lowest BCUT2D eigenvalue weighted by Crippen LogP contribution is -2.56. The summed E-state index contributed by atoms with van der Waals surface area (Å²) < 4.78 is 5.21. The van der Waals surface area contributed by atoms with Crippen molar-refractivity contribution in [2.75, 3.05) is 27.3 Å². The second kappa shape index (κ2) is 4.94. The maximum atomic E-state index is 11.7. The number of aryl methyl sites for hydroxylation is 2. The summed E-state index contributed by atoms with van der Waals surface area (Å²) >= 11 is 0. The maximum Gasteiger partial charge on any atom is 0.316 e. The number of ether oxygens (including phenoxy) is 1. The van der Waals surface area contributed by atoms with E-state index in [0.29, 0.717) is 0 Å². The van der Waals surface area contributed by atoms with E-state index in [2.05, 4.69) is 6.07 Å². The minimum atomic E-state index is -0.830. The van der Waals surface area contributed by atoms with Gasteiger partial charge in [0.2, 0.25) is 0 Å². The molecule has 0 bridgehead atoms. The fraction of sp³-hybridized carbons (Fsp3) is 0.533. The number of hydrogen-bond donors (Lipinski definition) is 1. The van der Waals surface area contributed by atoms with E-state index < -0.39 is 11.4 Å². The molecular formula is C15H21NO3. The third kappa shape index (κ3) is 2.26. The highest BCUT2D eigenvalue weighted by Crippen LogP contribution is 2.44. The molecule has 0 saturated carbocycles. The van der Waals surface area contributed by atoms with E-state index in [1.165, 1.54) is 5.56 Å². The normalized spacial score (nSPS) is 19.0. The summed E-state index contributed by atoms with van der Waals surface area (Å²) in [6, 6.07) is 6.01. The fourth-order valence-corrected chi connectivity index (χ4v) is 2.92. The van der Waals surface area contributed by atoms with Crippen molar-refractivity contribution in [2.24, 2.45) is 5.41 Å². The standard InChI is InChI=1S/C15H21NO3/c1-10-5-6-12(11(2)7-10)13(16(3)4)15(14(17)18)8-19-9-15/h5-7,13H,8-9H2,1-4H3,(H,17,18). The van der Waals surface area contributed by atoms with Crippen LogP contribution in [0.4, 0.5) is 0 Å². The second-order valence-electron chi connectivity index (χ2n) is 5.68. The fourth-order valence-electron chi connectivity index (χ4n) is 2.92. The summed E-state index contributed by atoms with van der Waals surface area (Å²) in [6.45, 7) is 4.63. The zero-order valence-corrected chi connectivity index (χ0v) is 11.9. The number of carboxylic acids is 1. The van der Waals surface area contributed by atoms with Crippen LogP contribution in [0.3, 0.4) is 0 Å². The van der Waals surface area contributed by atoms with E-state index in [4.69, 9.17) is 4.74 Å². The summed E-state index contributed by atoms with van der Waals surface area (Å²) in [5.74, 6) is -0.780. The molecule has 4 heteroatoms. The van der Waals surface area contributed by atoms with Gasteiger partial charge in [0.15, 0.2) is 0 Å². The minimum Gasteiger partial charge on any atom is -0.481 e. The van der Waals surface area contributed by atoms with Crippen molar-refractivity contribution < 1.29 is 14.6 Å². The Morgan fingerprint density at radius 3 is 2.37 bits per heavy atom. The lowest BCUT2D eigenvalue weighted by Gasteiger charge is -2.46. The summed E-state index contributed by atoms with van der Waals surface area (Å²) in [5, 5.41) is 9.60. The highest BCUT2D eigenvalue weighted by Gasteiger charge is 2.54. The molecule has 0 radical (unpaired) electrons. The first-order valence-corrected chi connectivity index (χ1v) is 6.43. The number of carboxylic acid groups (broad SMARTS) is 1. The molecule has 1 aliphatic heterocycles. The highest BCUT2D eigenvalue weighted by molar-refractivity contribution is 5.77. The van der Waals surface area contributed by atoms with Gasteiger partial charge in [-0.1, -0.05) is 23.8 Å². The predicted octanol–water partition coefficient (Wildman–Crippen LogP) is 2.01. The van der Waals surface area contributed by atoms with Crippen LogP contribution in [0.15, 0.2) is 18.2 Å². The summed E-state index contributed by atoms with van der Waals surface area (Å²) in [6.07, 6.45) is 0. The van der Waals surface area contributed by atoms with Gasteiger partial charge in [-0.15, -0.1) is 0 Å². The molecule has 1 aromatic carbocycles. The molecule has 1 atom stereocenters. The molecule has 0 amide bonds. The van der Waals surface area contributed by atoms with Crippen LogP contribution in [0.1, 0.15) is 22.7 Å². The molecule has 1 fully saturated rings. The number of rotatable bonds is 4. The Balaban J connectivity index is 2.49. The van der Waals surface area contributed by atoms with Gasteiger partial charge in [0.25, 0.3) is 0 Å². The predicted molar refractivity (Wildman–Crippen MR) is 73.2 cm³/mol. The monoisotopic (exact) mass is 263 g/mol. The summed E-state index contributed by atoms with van der Waals surface area (Å²) in [7, 11) is 3.85. The van der Waals surface area contributed by atoms with Crippen LogP contribution >= 0.6 is 0 Å². The zero-order valence-electron chi connectivity index (χ0n) is 11.9. The van der Waals surface area contributed by atoms with E-state index in [9.17, 15) is 9.90 Å². The van der Waals surface area contributed by atoms with Gasteiger partial charge < -0.3 is 14.7 Å². The van der Waals surface area contributed by atoms with Crippen LogP contribution in [-0.2, 0) is 9.53 Å². The van der Waals surface area contributed by atoms with Crippen molar-refractivity contribution in [1.29, 1.82) is 0 Å². The highest BCUT2D eigenvalue weighted by atomic mass is 16.5. The number of hydrogen-bond acceptors (Lipinski definition) is 3. The molecule has 1 aromatic rings. The van der Waals surface area contributed by atoms with Crippen LogP contribution in [0, 0.1) is 19.3 Å². The first-order chi connectivity index (χ1) is 8.88. The molecule has 1 saturated heterocycles. The molecule has 1 heterocycles. The quantitative estimate of drug-likeness (QED) is 0.902. The molecule has 2 rings (SSSR count). The van der Waals surface area contributed by atoms with E-state index in [-0.39, 0.29) is 19.3 Å². The largest absolute Gasteiger partial charge is 0.481 e. The molecule has 104 valence electrons. The van der Waals surface area contributed by atoms with Gasteiger partial charge in [0.1, 0.15) is 5.41 Å². The van der Waals surface area contributed by atoms with Crippen LogP contribution in [-0.4, -0.2) is 43.3 Å². The SMILES string of the molecule is Cc1ccc(C(N(C)C)C2(C(=O)O)COC2)c(C)c1. The minimum absolute atomic E-state index is 0.167. The second-order valence-corrected chi connectivity index (χ2v) is 5.68. The number of benzene rings is 1. The van der Waals surface area contributed by atoms with Crippen molar-refractivity contribution in [1.82, 2.24) is 4.90 Å². The Morgan fingerprint density at radius 2 is 2.00 bits per heavy atom. The van der Waals surface area contributed by atoms with Crippen molar-refractivity contribution in [2.45, 2.75) is 19.9 Å². The van der Waals surface area contributed by atoms with Gasteiger partial charge in [-0.25, -0.2) is 0 Å². The number of carbonyl (C=O) groups is 1. The van der Waals surface area contributed by atoms with Crippen LogP contribution < -0.4 is 0 Å². The van der Waals surface area contributed by atoms with Crippen molar-refractivity contribution >= 4 is 5.97 Å². The average Bonchev–Trinajstić information content (AvgIpc) is 2.23. The third-order valence-electron chi connectivity index (χ3n) is 3.90.